The second-order valence-electron chi connectivity index (χ2n) is 5.19. The molecule has 0 bridgehead atoms. The van der Waals surface area contributed by atoms with Crippen molar-refractivity contribution in [1.82, 2.24) is 15.1 Å². The van der Waals surface area contributed by atoms with Crippen molar-refractivity contribution in [3.8, 4) is 0 Å². The van der Waals surface area contributed by atoms with E-state index < -0.39 is 0 Å². The molecule has 1 aliphatic heterocycles. The van der Waals surface area contributed by atoms with Crippen LogP contribution in [0.15, 0.2) is 30.5 Å². The third kappa shape index (κ3) is 2.39. The van der Waals surface area contributed by atoms with Gasteiger partial charge in [0.15, 0.2) is 0 Å². The van der Waals surface area contributed by atoms with Gasteiger partial charge >= 0.3 is 0 Å². The molecule has 104 valence electrons. The van der Waals surface area contributed by atoms with Crippen molar-refractivity contribution in [2.24, 2.45) is 7.05 Å². The Hall–Kier alpha value is -2.30. The molecule has 5 nitrogen and oxygen atoms in total. The van der Waals surface area contributed by atoms with Crippen LogP contribution < -0.4 is 10.6 Å². The maximum Gasteiger partial charge on any atom is 0.243 e. The first kappa shape index (κ1) is 12.7. The van der Waals surface area contributed by atoms with E-state index in [9.17, 15) is 4.79 Å². The van der Waals surface area contributed by atoms with Gasteiger partial charge < -0.3 is 10.6 Å². The van der Waals surface area contributed by atoms with Gasteiger partial charge in [-0.2, -0.15) is 5.10 Å². The van der Waals surface area contributed by atoms with E-state index in [1.807, 2.05) is 38.4 Å². The van der Waals surface area contributed by atoms with Crippen molar-refractivity contribution >= 4 is 11.6 Å². The monoisotopic (exact) mass is 270 g/mol. The van der Waals surface area contributed by atoms with Crippen molar-refractivity contribution in [2.45, 2.75) is 25.9 Å². The average Bonchev–Trinajstić information content (AvgIpc) is 2.99. The number of anilines is 1. The van der Waals surface area contributed by atoms with Crippen molar-refractivity contribution in [1.29, 1.82) is 0 Å². The largest absolute Gasteiger partial charge is 0.373 e. The standard InChI is InChI=1S/C15H18N4O/c1-10-12(9-19(2)18-10)8-16-15(20)14-7-11-5-3-4-6-13(11)17-14/h3-6,9,14,17H,7-8H2,1-2H3,(H,16,20). The Kier molecular flexibility index (Phi) is 3.18. The molecule has 20 heavy (non-hydrogen) atoms. The van der Waals surface area contributed by atoms with Crippen molar-refractivity contribution in [2.75, 3.05) is 5.32 Å². The molecule has 1 aliphatic rings. The molecule has 2 heterocycles. The molecule has 3 rings (SSSR count). The zero-order chi connectivity index (χ0) is 14.1. The zero-order valence-corrected chi connectivity index (χ0v) is 11.7. The number of fused-ring (bicyclic) bond motifs is 1. The van der Waals surface area contributed by atoms with Gasteiger partial charge in [0.1, 0.15) is 6.04 Å². The minimum Gasteiger partial charge on any atom is -0.373 e. The Balaban J connectivity index is 1.60. The van der Waals surface area contributed by atoms with Crippen LogP contribution in [-0.4, -0.2) is 21.7 Å². The number of para-hydroxylation sites is 1. The SMILES string of the molecule is Cc1nn(C)cc1CNC(=O)C1Cc2ccccc2N1. The van der Waals surface area contributed by atoms with Crippen LogP contribution in [0.3, 0.4) is 0 Å². The number of rotatable bonds is 3. The third-order valence-electron chi connectivity index (χ3n) is 3.66. The fraction of sp³-hybridized carbons (Fsp3) is 0.333. The molecule has 1 aromatic carbocycles. The van der Waals surface area contributed by atoms with Gasteiger partial charge in [0, 0.05) is 37.5 Å². The fourth-order valence-corrected chi connectivity index (χ4v) is 2.58. The molecule has 0 fully saturated rings. The van der Waals surface area contributed by atoms with Crippen molar-refractivity contribution in [3.63, 3.8) is 0 Å². The van der Waals surface area contributed by atoms with Crippen LogP contribution in [-0.2, 0) is 24.8 Å². The molecule has 2 N–H and O–H groups in total. The molecule has 0 spiro atoms. The van der Waals surface area contributed by atoms with Gasteiger partial charge in [-0.05, 0) is 18.6 Å². The maximum absolute atomic E-state index is 12.2. The lowest BCUT2D eigenvalue weighted by Gasteiger charge is -2.11. The molecule has 0 radical (unpaired) electrons. The number of aryl methyl sites for hydroxylation is 2. The summed E-state index contributed by atoms with van der Waals surface area (Å²) in [6.45, 7) is 2.47. The summed E-state index contributed by atoms with van der Waals surface area (Å²) >= 11 is 0. The van der Waals surface area contributed by atoms with Crippen molar-refractivity contribution in [3.05, 3.63) is 47.3 Å². The summed E-state index contributed by atoms with van der Waals surface area (Å²) in [6, 6.07) is 7.86. The highest BCUT2D eigenvalue weighted by Gasteiger charge is 2.26. The number of benzene rings is 1. The lowest BCUT2D eigenvalue weighted by molar-refractivity contribution is -0.121. The first-order valence-corrected chi connectivity index (χ1v) is 6.75. The predicted molar refractivity (Wildman–Crippen MR) is 77.3 cm³/mol. The zero-order valence-electron chi connectivity index (χ0n) is 11.7. The minimum absolute atomic E-state index is 0.0319. The molecule has 2 aromatic rings. The van der Waals surface area contributed by atoms with Gasteiger partial charge in [-0.3, -0.25) is 9.48 Å². The fourth-order valence-electron chi connectivity index (χ4n) is 2.58. The van der Waals surface area contributed by atoms with Gasteiger partial charge in [0.2, 0.25) is 5.91 Å². The number of carbonyl (C=O) groups excluding carboxylic acids is 1. The summed E-state index contributed by atoms with van der Waals surface area (Å²) in [5, 5.41) is 10.5. The summed E-state index contributed by atoms with van der Waals surface area (Å²) in [5.41, 5.74) is 4.27. The molecule has 1 amide bonds. The number of aromatic nitrogens is 2. The third-order valence-corrected chi connectivity index (χ3v) is 3.66. The van der Waals surface area contributed by atoms with Crippen LogP contribution in [0, 0.1) is 6.92 Å². The predicted octanol–water partition coefficient (Wildman–Crippen LogP) is 1.38. The van der Waals surface area contributed by atoms with Crippen molar-refractivity contribution < 1.29 is 4.79 Å². The van der Waals surface area contributed by atoms with E-state index in [1.54, 1.807) is 4.68 Å². The van der Waals surface area contributed by atoms with E-state index in [0.29, 0.717) is 6.54 Å². The van der Waals surface area contributed by atoms with Gasteiger partial charge in [-0.25, -0.2) is 0 Å². The minimum atomic E-state index is -0.177. The smallest absolute Gasteiger partial charge is 0.243 e. The quantitative estimate of drug-likeness (QED) is 0.886. The Labute approximate surface area is 118 Å². The first-order chi connectivity index (χ1) is 9.63. The van der Waals surface area contributed by atoms with Gasteiger partial charge in [-0.15, -0.1) is 0 Å². The lowest BCUT2D eigenvalue weighted by atomic mass is 10.1. The average molecular weight is 270 g/mol. The van der Waals surface area contributed by atoms with Gasteiger partial charge in [0.25, 0.3) is 0 Å². The van der Waals surface area contributed by atoms with Crippen LogP contribution in [0.1, 0.15) is 16.8 Å². The molecule has 0 saturated carbocycles. The number of nitrogens with one attached hydrogen (secondary N) is 2. The van der Waals surface area contributed by atoms with Crippen LogP contribution in [0.4, 0.5) is 5.69 Å². The molecule has 1 aromatic heterocycles. The molecule has 5 heteroatoms. The van der Waals surface area contributed by atoms with Gasteiger partial charge in [0.05, 0.1) is 5.69 Å². The van der Waals surface area contributed by atoms with E-state index >= 15 is 0 Å². The maximum atomic E-state index is 12.2. The number of hydrogen-bond donors (Lipinski definition) is 2. The Morgan fingerprint density at radius 3 is 3.00 bits per heavy atom. The Morgan fingerprint density at radius 2 is 2.30 bits per heavy atom. The number of carbonyl (C=O) groups is 1. The summed E-state index contributed by atoms with van der Waals surface area (Å²) < 4.78 is 1.76. The lowest BCUT2D eigenvalue weighted by Crippen LogP contribution is -2.38. The summed E-state index contributed by atoms with van der Waals surface area (Å²) in [5.74, 6) is 0.0319. The summed E-state index contributed by atoms with van der Waals surface area (Å²) in [4.78, 5) is 12.2. The second-order valence-corrected chi connectivity index (χ2v) is 5.19. The second kappa shape index (κ2) is 5.00. The summed E-state index contributed by atoms with van der Waals surface area (Å²) in [6.07, 6.45) is 2.68. The molecule has 1 atom stereocenters. The Bertz CT molecular complexity index is 622. The number of hydrogen-bond acceptors (Lipinski definition) is 3. The Morgan fingerprint density at radius 1 is 1.50 bits per heavy atom. The van der Waals surface area contributed by atoms with E-state index in [2.05, 4.69) is 21.8 Å². The highest BCUT2D eigenvalue weighted by Crippen LogP contribution is 2.25. The van der Waals surface area contributed by atoms with Gasteiger partial charge in [-0.1, -0.05) is 18.2 Å². The first-order valence-electron chi connectivity index (χ1n) is 6.75. The molecular formula is C15H18N4O. The molecule has 1 unspecified atom stereocenters. The van der Waals surface area contributed by atoms with E-state index in [4.69, 9.17) is 0 Å². The van der Waals surface area contributed by atoms with E-state index in [-0.39, 0.29) is 11.9 Å². The highest BCUT2D eigenvalue weighted by atomic mass is 16.2. The van der Waals surface area contributed by atoms with Crippen LogP contribution >= 0.6 is 0 Å². The van der Waals surface area contributed by atoms with Crippen LogP contribution in [0.2, 0.25) is 0 Å². The summed E-state index contributed by atoms with van der Waals surface area (Å²) in [7, 11) is 1.88. The highest BCUT2D eigenvalue weighted by molar-refractivity contribution is 5.87. The molecular weight excluding hydrogens is 252 g/mol. The molecule has 0 aliphatic carbocycles. The van der Waals surface area contributed by atoms with E-state index in [0.717, 1.165) is 23.4 Å². The normalized spacial score (nSPS) is 16.6. The number of nitrogens with zero attached hydrogens (tertiary/aromatic N) is 2. The van der Waals surface area contributed by atoms with Crippen LogP contribution in [0.25, 0.3) is 0 Å². The van der Waals surface area contributed by atoms with E-state index in [1.165, 1.54) is 5.56 Å². The van der Waals surface area contributed by atoms with Crippen LogP contribution in [0.5, 0.6) is 0 Å². The topological polar surface area (TPSA) is 59.0 Å². The number of amides is 1. The molecule has 0 saturated heterocycles.